The highest BCUT2D eigenvalue weighted by molar-refractivity contribution is 6.34. The molecule has 0 aliphatic heterocycles. The third kappa shape index (κ3) is 4.99. The van der Waals surface area contributed by atoms with Crippen molar-refractivity contribution in [2.24, 2.45) is 0 Å². The topological polar surface area (TPSA) is 108 Å². The van der Waals surface area contributed by atoms with Crippen LogP contribution in [0.1, 0.15) is 15.9 Å². The standard InChI is InChI=1S/C29H22ClFN4O4/c1-16-13-19(8-10-23(16)38-2)35-22-6-4-3-5-17(22)14-20(29(35)37)28(36)34-18-7-9-24(21(31)15-18)39-25-11-12-33-27(32)26(25)30/h3-15H,1-2H3,(H2,32,33)(H,34,36). The Balaban J connectivity index is 1.49. The second kappa shape index (κ2) is 10.5. The number of ether oxygens (including phenoxy) is 2. The number of aryl methyl sites for hydroxylation is 1. The zero-order chi connectivity index (χ0) is 27.7. The Kier molecular flexibility index (Phi) is 6.91. The first-order valence-electron chi connectivity index (χ1n) is 11.8. The molecular formula is C29H22ClFN4O4. The molecule has 0 atom stereocenters. The summed E-state index contributed by atoms with van der Waals surface area (Å²) in [6.45, 7) is 1.87. The van der Waals surface area contributed by atoms with Gasteiger partial charge in [0.1, 0.15) is 22.2 Å². The molecule has 0 fully saturated rings. The third-order valence-electron chi connectivity index (χ3n) is 6.08. The summed E-state index contributed by atoms with van der Waals surface area (Å²) in [6.07, 6.45) is 1.38. The molecule has 0 radical (unpaired) electrons. The van der Waals surface area contributed by atoms with Gasteiger partial charge in [0.2, 0.25) is 0 Å². The molecule has 0 aliphatic carbocycles. The van der Waals surface area contributed by atoms with Gasteiger partial charge in [0.15, 0.2) is 17.3 Å². The molecule has 0 spiro atoms. The molecule has 39 heavy (non-hydrogen) atoms. The van der Waals surface area contributed by atoms with Gasteiger partial charge in [-0.1, -0.05) is 29.8 Å². The number of methoxy groups -OCH3 is 1. The van der Waals surface area contributed by atoms with Crippen LogP contribution in [0.3, 0.4) is 0 Å². The minimum absolute atomic E-state index is 0.0456. The number of para-hydroxylation sites is 1. The van der Waals surface area contributed by atoms with Crippen molar-refractivity contribution < 1.29 is 18.7 Å². The molecule has 5 rings (SSSR count). The molecule has 10 heteroatoms. The second-order valence-electron chi connectivity index (χ2n) is 8.62. The predicted octanol–water partition coefficient (Wildman–Crippen LogP) is 6.12. The van der Waals surface area contributed by atoms with Gasteiger partial charge in [-0.2, -0.15) is 0 Å². The van der Waals surface area contributed by atoms with Gasteiger partial charge in [-0.05, 0) is 60.3 Å². The van der Waals surface area contributed by atoms with Crippen molar-refractivity contribution in [2.75, 3.05) is 18.2 Å². The van der Waals surface area contributed by atoms with E-state index in [1.54, 1.807) is 31.4 Å². The van der Waals surface area contributed by atoms with E-state index in [0.29, 0.717) is 22.3 Å². The SMILES string of the molecule is COc1ccc(-n2c(=O)c(C(=O)Nc3ccc(Oc4ccnc(N)c4Cl)c(F)c3)cc3ccccc32)cc1C. The summed E-state index contributed by atoms with van der Waals surface area (Å²) in [5.74, 6) is -0.737. The van der Waals surface area contributed by atoms with Gasteiger partial charge in [-0.3, -0.25) is 14.2 Å². The highest BCUT2D eigenvalue weighted by Crippen LogP contribution is 2.34. The number of carbonyl (C=O) groups excluding carboxylic acids is 1. The van der Waals surface area contributed by atoms with Crippen LogP contribution >= 0.6 is 11.6 Å². The van der Waals surface area contributed by atoms with Crippen molar-refractivity contribution in [3.63, 3.8) is 0 Å². The first-order chi connectivity index (χ1) is 18.8. The highest BCUT2D eigenvalue weighted by atomic mass is 35.5. The van der Waals surface area contributed by atoms with Crippen LogP contribution in [0.5, 0.6) is 17.2 Å². The second-order valence-corrected chi connectivity index (χ2v) is 9.00. The van der Waals surface area contributed by atoms with Gasteiger partial charge >= 0.3 is 0 Å². The summed E-state index contributed by atoms with van der Waals surface area (Å²) in [5.41, 5.74) is 7.19. The fraction of sp³-hybridized carbons (Fsp3) is 0.0690. The van der Waals surface area contributed by atoms with E-state index < -0.39 is 17.3 Å². The molecule has 0 saturated heterocycles. The van der Waals surface area contributed by atoms with Crippen LogP contribution in [-0.2, 0) is 0 Å². The molecular weight excluding hydrogens is 523 g/mol. The molecule has 5 aromatic rings. The number of nitrogens with zero attached hydrogens (tertiary/aromatic N) is 2. The quantitative estimate of drug-likeness (QED) is 0.266. The maximum atomic E-state index is 14.9. The molecule has 0 unspecified atom stereocenters. The monoisotopic (exact) mass is 544 g/mol. The van der Waals surface area contributed by atoms with Crippen LogP contribution < -0.4 is 26.1 Å². The van der Waals surface area contributed by atoms with E-state index in [1.165, 1.54) is 35.0 Å². The van der Waals surface area contributed by atoms with Gasteiger partial charge in [0, 0.05) is 29.7 Å². The van der Waals surface area contributed by atoms with E-state index in [1.807, 2.05) is 25.1 Å². The number of aromatic nitrogens is 2. The molecule has 0 aliphatic rings. The van der Waals surface area contributed by atoms with E-state index in [0.717, 1.165) is 11.6 Å². The molecule has 2 heterocycles. The summed E-state index contributed by atoms with van der Waals surface area (Å²) in [5, 5.41) is 3.33. The number of carbonyl (C=O) groups is 1. The number of rotatable bonds is 6. The van der Waals surface area contributed by atoms with Crippen molar-refractivity contribution in [1.29, 1.82) is 0 Å². The lowest BCUT2D eigenvalue weighted by atomic mass is 10.1. The number of nitrogen functional groups attached to an aromatic ring is 1. The number of benzene rings is 3. The van der Waals surface area contributed by atoms with Crippen molar-refractivity contribution in [1.82, 2.24) is 9.55 Å². The Morgan fingerprint density at radius 3 is 2.54 bits per heavy atom. The van der Waals surface area contributed by atoms with Gasteiger partial charge in [-0.25, -0.2) is 9.37 Å². The van der Waals surface area contributed by atoms with Crippen molar-refractivity contribution in [2.45, 2.75) is 6.92 Å². The number of anilines is 2. The normalized spacial score (nSPS) is 10.9. The summed E-state index contributed by atoms with van der Waals surface area (Å²) < 4.78 is 27.2. The maximum Gasteiger partial charge on any atom is 0.268 e. The lowest BCUT2D eigenvalue weighted by molar-refractivity contribution is 0.102. The van der Waals surface area contributed by atoms with E-state index in [9.17, 15) is 14.0 Å². The van der Waals surface area contributed by atoms with Crippen LogP contribution in [0.25, 0.3) is 16.6 Å². The first-order valence-corrected chi connectivity index (χ1v) is 12.1. The van der Waals surface area contributed by atoms with Crippen molar-refractivity contribution in [3.8, 4) is 22.9 Å². The molecule has 1 amide bonds. The molecule has 0 bridgehead atoms. The number of hydrogen-bond acceptors (Lipinski definition) is 6. The van der Waals surface area contributed by atoms with Gasteiger partial charge < -0.3 is 20.5 Å². The summed E-state index contributed by atoms with van der Waals surface area (Å²) in [6, 6.07) is 19.4. The third-order valence-corrected chi connectivity index (χ3v) is 6.46. The minimum Gasteiger partial charge on any atom is -0.496 e. The number of nitrogens with two attached hydrogens (primary N) is 1. The van der Waals surface area contributed by atoms with Crippen molar-refractivity contribution in [3.05, 3.63) is 111 Å². The average molecular weight is 545 g/mol. The van der Waals surface area contributed by atoms with Crippen LogP contribution in [0.2, 0.25) is 5.02 Å². The summed E-state index contributed by atoms with van der Waals surface area (Å²) in [4.78, 5) is 30.7. The van der Waals surface area contributed by atoms with Crippen molar-refractivity contribution >= 4 is 39.9 Å². The van der Waals surface area contributed by atoms with E-state index in [4.69, 9.17) is 26.8 Å². The predicted molar refractivity (Wildman–Crippen MR) is 149 cm³/mol. The van der Waals surface area contributed by atoms with Gasteiger partial charge in [0.25, 0.3) is 11.5 Å². The molecule has 2 aromatic heterocycles. The number of halogens is 2. The number of amides is 1. The zero-order valence-corrected chi connectivity index (χ0v) is 21.6. The van der Waals surface area contributed by atoms with Crippen LogP contribution in [0.15, 0.2) is 83.8 Å². The fourth-order valence-electron chi connectivity index (χ4n) is 4.18. The molecule has 8 nitrogen and oxygen atoms in total. The van der Waals surface area contributed by atoms with E-state index >= 15 is 0 Å². The Labute approximate surface area is 227 Å². The van der Waals surface area contributed by atoms with Crippen LogP contribution in [-0.4, -0.2) is 22.6 Å². The molecule has 3 N–H and O–H groups in total. The first kappa shape index (κ1) is 25.7. The molecule has 3 aromatic carbocycles. The van der Waals surface area contributed by atoms with Gasteiger partial charge in [0.05, 0.1) is 12.6 Å². The Morgan fingerprint density at radius 1 is 1.03 bits per heavy atom. The molecule has 196 valence electrons. The molecule has 0 saturated carbocycles. The minimum atomic E-state index is -0.760. The number of pyridine rings is 2. The largest absolute Gasteiger partial charge is 0.496 e. The van der Waals surface area contributed by atoms with E-state index in [-0.39, 0.29) is 33.6 Å². The Hall–Kier alpha value is -4.89. The lowest BCUT2D eigenvalue weighted by Crippen LogP contribution is -2.28. The zero-order valence-electron chi connectivity index (χ0n) is 20.9. The van der Waals surface area contributed by atoms with E-state index in [2.05, 4.69) is 10.3 Å². The van der Waals surface area contributed by atoms with Gasteiger partial charge in [-0.15, -0.1) is 0 Å². The number of nitrogens with one attached hydrogen (secondary N) is 1. The lowest BCUT2D eigenvalue weighted by Gasteiger charge is -2.15. The summed E-state index contributed by atoms with van der Waals surface area (Å²) in [7, 11) is 1.57. The smallest absolute Gasteiger partial charge is 0.268 e. The van der Waals surface area contributed by atoms with Crippen LogP contribution in [0, 0.1) is 12.7 Å². The van der Waals surface area contributed by atoms with Crippen LogP contribution in [0.4, 0.5) is 15.9 Å². The number of hydrogen-bond donors (Lipinski definition) is 2. The highest BCUT2D eigenvalue weighted by Gasteiger charge is 2.19. The fourth-order valence-corrected chi connectivity index (χ4v) is 4.33. The Morgan fingerprint density at radius 2 is 1.79 bits per heavy atom. The Bertz CT molecular complexity index is 1810. The average Bonchev–Trinajstić information content (AvgIpc) is 2.92. The summed E-state index contributed by atoms with van der Waals surface area (Å²) >= 11 is 6.07. The number of fused-ring (bicyclic) bond motifs is 1. The maximum absolute atomic E-state index is 14.9.